The lowest BCUT2D eigenvalue weighted by Crippen LogP contribution is -2.24. The van der Waals surface area contributed by atoms with Crippen molar-refractivity contribution in [2.24, 2.45) is 0 Å². The molecule has 0 saturated carbocycles. The van der Waals surface area contributed by atoms with Crippen molar-refractivity contribution in [2.45, 2.75) is 6.04 Å². The van der Waals surface area contributed by atoms with Crippen LogP contribution in [-0.2, 0) is 0 Å². The van der Waals surface area contributed by atoms with Gasteiger partial charge in [-0.1, -0.05) is 30.3 Å². The minimum Gasteiger partial charge on any atom is -0.504 e. The summed E-state index contributed by atoms with van der Waals surface area (Å²) in [5, 5.41) is 32.7. The van der Waals surface area contributed by atoms with E-state index < -0.39 is 5.75 Å². The highest BCUT2D eigenvalue weighted by Crippen LogP contribution is 2.41. The quantitative estimate of drug-likeness (QED) is 0.488. The van der Waals surface area contributed by atoms with Gasteiger partial charge in [-0.3, -0.25) is 0 Å². The first-order chi connectivity index (χ1) is 10.1. The second-order valence-electron chi connectivity index (χ2n) is 4.66. The van der Waals surface area contributed by atoms with Crippen molar-refractivity contribution in [1.82, 2.24) is 5.32 Å². The molecule has 0 saturated heterocycles. The highest BCUT2D eigenvalue weighted by molar-refractivity contribution is 7.98. The third kappa shape index (κ3) is 3.62. The summed E-state index contributed by atoms with van der Waals surface area (Å²) in [5.74, 6) is -0.165. The van der Waals surface area contributed by atoms with Gasteiger partial charge in [0, 0.05) is 17.9 Å². The van der Waals surface area contributed by atoms with E-state index in [0.717, 1.165) is 17.9 Å². The molecule has 112 valence electrons. The monoisotopic (exact) mass is 305 g/mol. The SMILES string of the molecule is CSCCNC(c1ccccc1)c1ccc(O)c(O)c1O. The zero-order valence-electron chi connectivity index (χ0n) is 11.8. The fraction of sp³-hybridized carbons (Fsp3) is 0.250. The molecule has 0 radical (unpaired) electrons. The maximum absolute atomic E-state index is 10.1. The normalized spacial score (nSPS) is 12.2. The first-order valence-electron chi connectivity index (χ1n) is 6.66. The van der Waals surface area contributed by atoms with Gasteiger partial charge >= 0.3 is 0 Å². The highest BCUT2D eigenvalue weighted by atomic mass is 32.2. The molecule has 4 nitrogen and oxygen atoms in total. The number of rotatable bonds is 6. The molecule has 0 spiro atoms. The van der Waals surface area contributed by atoms with Gasteiger partial charge in [0.2, 0.25) is 5.75 Å². The van der Waals surface area contributed by atoms with E-state index in [1.807, 2.05) is 36.6 Å². The van der Waals surface area contributed by atoms with Crippen LogP contribution in [-0.4, -0.2) is 33.9 Å². The number of hydrogen-bond acceptors (Lipinski definition) is 5. The summed E-state index contributed by atoms with van der Waals surface area (Å²) in [4.78, 5) is 0. The molecular weight excluding hydrogens is 286 g/mol. The number of phenolic OH excluding ortho intramolecular Hbond substituents is 3. The summed E-state index contributed by atoms with van der Waals surface area (Å²) in [6.07, 6.45) is 2.03. The van der Waals surface area contributed by atoms with Crippen LogP contribution in [0.15, 0.2) is 42.5 Å². The van der Waals surface area contributed by atoms with E-state index >= 15 is 0 Å². The largest absolute Gasteiger partial charge is 0.504 e. The smallest absolute Gasteiger partial charge is 0.200 e. The highest BCUT2D eigenvalue weighted by Gasteiger charge is 2.20. The summed E-state index contributed by atoms with van der Waals surface area (Å²) in [6.45, 7) is 0.766. The Hall–Kier alpha value is -1.85. The van der Waals surface area contributed by atoms with E-state index in [-0.39, 0.29) is 17.5 Å². The van der Waals surface area contributed by atoms with Crippen molar-refractivity contribution in [3.63, 3.8) is 0 Å². The fourth-order valence-electron chi connectivity index (χ4n) is 2.18. The Morgan fingerprint density at radius 3 is 2.38 bits per heavy atom. The van der Waals surface area contributed by atoms with Gasteiger partial charge in [0.15, 0.2) is 11.5 Å². The van der Waals surface area contributed by atoms with Crippen LogP contribution in [0.4, 0.5) is 0 Å². The summed E-state index contributed by atoms with van der Waals surface area (Å²) < 4.78 is 0. The van der Waals surface area contributed by atoms with Crippen LogP contribution >= 0.6 is 11.8 Å². The predicted molar refractivity (Wildman–Crippen MR) is 86.1 cm³/mol. The molecule has 1 atom stereocenters. The molecule has 21 heavy (non-hydrogen) atoms. The molecule has 1 unspecified atom stereocenters. The van der Waals surface area contributed by atoms with Gasteiger partial charge < -0.3 is 20.6 Å². The Balaban J connectivity index is 2.38. The number of hydrogen-bond donors (Lipinski definition) is 4. The van der Waals surface area contributed by atoms with Gasteiger partial charge in [0.25, 0.3) is 0 Å². The Bertz CT molecular complexity index is 590. The van der Waals surface area contributed by atoms with Crippen molar-refractivity contribution < 1.29 is 15.3 Å². The summed E-state index contributed by atoms with van der Waals surface area (Å²) in [7, 11) is 0. The molecule has 0 fully saturated rings. The summed E-state index contributed by atoms with van der Waals surface area (Å²) >= 11 is 1.73. The van der Waals surface area contributed by atoms with E-state index in [2.05, 4.69) is 5.32 Å². The summed E-state index contributed by atoms with van der Waals surface area (Å²) in [5.41, 5.74) is 1.52. The third-order valence-corrected chi connectivity index (χ3v) is 3.87. The van der Waals surface area contributed by atoms with Gasteiger partial charge in [-0.15, -0.1) is 0 Å². The van der Waals surface area contributed by atoms with Crippen molar-refractivity contribution in [2.75, 3.05) is 18.6 Å². The number of benzene rings is 2. The van der Waals surface area contributed by atoms with Crippen molar-refractivity contribution in [3.8, 4) is 17.2 Å². The Labute approximate surface area is 128 Å². The second-order valence-corrected chi connectivity index (χ2v) is 5.65. The molecule has 0 aliphatic heterocycles. The molecule has 2 aromatic carbocycles. The van der Waals surface area contributed by atoms with Gasteiger partial charge in [-0.2, -0.15) is 11.8 Å². The van der Waals surface area contributed by atoms with E-state index in [1.165, 1.54) is 6.07 Å². The first-order valence-corrected chi connectivity index (χ1v) is 8.05. The standard InChI is InChI=1S/C16H19NO3S/c1-21-10-9-17-14(11-5-3-2-4-6-11)12-7-8-13(18)16(20)15(12)19/h2-8,14,17-20H,9-10H2,1H3. The van der Waals surface area contributed by atoms with Crippen LogP contribution in [0.25, 0.3) is 0 Å². The lowest BCUT2D eigenvalue weighted by atomic mass is 9.97. The van der Waals surface area contributed by atoms with Gasteiger partial charge in [-0.25, -0.2) is 0 Å². The minimum absolute atomic E-state index is 0.246. The number of thioether (sulfide) groups is 1. The Morgan fingerprint density at radius 1 is 1.00 bits per heavy atom. The van der Waals surface area contributed by atoms with Crippen molar-refractivity contribution in [3.05, 3.63) is 53.6 Å². The molecule has 0 aliphatic rings. The number of phenols is 3. The van der Waals surface area contributed by atoms with E-state index in [1.54, 1.807) is 17.8 Å². The zero-order valence-corrected chi connectivity index (χ0v) is 12.6. The first kappa shape index (κ1) is 15.5. The van der Waals surface area contributed by atoms with Crippen molar-refractivity contribution in [1.29, 1.82) is 0 Å². The molecule has 5 heteroatoms. The maximum Gasteiger partial charge on any atom is 0.200 e. The molecule has 0 amide bonds. The number of nitrogens with one attached hydrogen (secondary N) is 1. The lowest BCUT2D eigenvalue weighted by molar-refractivity contribution is 0.362. The van der Waals surface area contributed by atoms with Crippen LogP contribution in [0.5, 0.6) is 17.2 Å². The average molecular weight is 305 g/mol. The fourth-order valence-corrected chi connectivity index (χ4v) is 2.50. The molecule has 2 aromatic rings. The predicted octanol–water partition coefficient (Wildman–Crippen LogP) is 2.85. The second kappa shape index (κ2) is 7.24. The van der Waals surface area contributed by atoms with Crippen LogP contribution in [0.3, 0.4) is 0 Å². The van der Waals surface area contributed by atoms with Crippen molar-refractivity contribution >= 4 is 11.8 Å². The maximum atomic E-state index is 10.1. The van der Waals surface area contributed by atoms with Gasteiger partial charge in [0.05, 0.1) is 6.04 Å². The number of aromatic hydroxyl groups is 3. The van der Waals surface area contributed by atoms with E-state index in [9.17, 15) is 15.3 Å². The molecule has 0 bridgehead atoms. The van der Waals surface area contributed by atoms with Crippen LogP contribution in [0.2, 0.25) is 0 Å². The van der Waals surface area contributed by atoms with E-state index in [4.69, 9.17) is 0 Å². The average Bonchev–Trinajstić information content (AvgIpc) is 2.51. The molecule has 0 aromatic heterocycles. The Morgan fingerprint density at radius 2 is 1.71 bits per heavy atom. The van der Waals surface area contributed by atoms with Crippen LogP contribution in [0.1, 0.15) is 17.2 Å². The molecular formula is C16H19NO3S. The van der Waals surface area contributed by atoms with Crippen LogP contribution in [0, 0.1) is 0 Å². The third-order valence-electron chi connectivity index (χ3n) is 3.26. The molecule has 0 heterocycles. The Kier molecular flexibility index (Phi) is 5.36. The molecule has 0 aliphatic carbocycles. The zero-order chi connectivity index (χ0) is 15.2. The van der Waals surface area contributed by atoms with Gasteiger partial charge in [-0.05, 0) is 24.0 Å². The van der Waals surface area contributed by atoms with Gasteiger partial charge in [0.1, 0.15) is 0 Å². The lowest BCUT2D eigenvalue weighted by Gasteiger charge is -2.21. The minimum atomic E-state index is -0.486. The summed E-state index contributed by atoms with van der Waals surface area (Å²) in [6, 6.07) is 12.5. The molecule has 2 rings (SSSR count). The topological polar surface area (TPSA) is 72.7 Å². The molecule has 4 N–H and O–H groups in total. The van der Waals surface area contributed by atoms with Crippen LogP contribution < -0.4 is 5.32 Å². The van der Waals surface area contributed by atoms with E-state index in [0.29, 0.717) is 5.56 Å².